The number of aryl methyl sites for hydroxylation is 1. The molecular weight excluding hydrogens is 477 g/mol. The van der Waals surface area contributed by atoms with Crippen LogP contribution in [0.3, 0.4) is 0 Å². The second-order valence-corrected chi connectivity index (χ2v) is 8.30. The lowest BCUT2D eigenvalue weighted by atomic mass is 10.1. The van der Waals surface area contributed by atoms with Crippen LogP contribution in [-0.4, -0.2) is 44.0 Å². The van der Waals surface area contributed by atoms with E-state index >= 15 is 0 Å². The van der Waals surface area contributed by atoms with Gasteiger partial charge in [0.2, 0.25) is 10.9 Å². The van der Waals surface area contributed by atoms with E-state index in [0.29, 0.717) is 63.2 Å². The number of halogens is 2. The van der Waals surface area contributed by atoms with Crippen LogP contribution in [0.15, 0.2) is 30.3 Å². The van der Waals surface area contributed by atoms with E-state index in [4.69, 9.17) is 42.1 Å². The van der Waals surface area contributed by atoms with Crippen LogP contribution in [0.2, 0.25) is 10.0 Å². The molecule has 2 aromatic carbocycles. The van der Waals surface area contributed by atoms with Gasteiger partial charge in [0.15, 0.2) is 11.5 Å². The van der Waals surface area contributed by atoms with Crippen LogP contribution < -0.4 is 24.3 Å². The summed E-state index contributed by atoms with van der Waals surface area (Å²) in [5.41, 5.74) is 0.337. The lowest BCUT2D eigenvalue weighted by Gasteiger charge is -2.13. The number of rotatable bonds is 10. The lowest BCUT2D eigenvalue weighted by Crippen LogP contribution is -2.12. The van der Waals surface area contributed by atoms with Gasteiger partial charge in [-0.05, 0) is 36.8 Å². The molecule has 1 aromatic heterocycles. The summed E-state index contributed by atoms with van der Waals surface area (Å²) in [6.45, 7) is 0.452. The van der Waals surface area contributed by atoms with Crippen LogP contribution in [-0.2, 0) is 6.42 Å². The zero-order valence-electron chi connectivity index (χ0n) is 17.6. The molecule has 0 saturated heterocycles. The van der Waals surface area contributed by atoms with Gasteiger partial charge in [-0.15, -0.1) is 10.2 Å². The third kappa shape index (κ3) is 5.93. The molecule has 0 bridgehead atoms. The highest BCUT2D eigenvalue weighted by atomic mass is 35.5. The summed E-state index contributed by atoms with van der Waals surface area (Å²) in [4.78, 5) is 12.7. The van der Waals surface area contributed by atoms with Gasteiger partial charge in [0, 0.05) is 17.0 Å². The Balaban J connectivity index is 1.56. The smallest absolute Gasteiger partial charge is 0.257 e. The Bertz CT molecular complexity index is 1070. The number of nitrogens with one attached hydrogen (secondary N) is 1. The van der Waals surface area contributed by atoms with Crippen molar-refractivity contribution < 1.29 is 23.7 Å². The molecule has 1 N–H and O–H groups in total. The lowest BCUT2D eigenvalue weighted by molar-refractivity contribution is 0.102. The van der Waals surface area contributed by atoms with Gasteiger partial charge >= 0.3 is 0 Å². The van der Waals surface area contributed by atoms with E-state index in [1.165, 1.54) is 32.7 Å². The number of methoxy groups -OCH3 is 3. The molecule has 32 heavy (non-hydrogen) atoms. The van der Waals surface area contributed by atoms with Gasteiger partial charge in [-0.1, -0.05) is 34.5 Å². The van der Waals surface area contributed by atoms with E-state index in [-0.39, 0.29) is 5.91 Å². The Morgan fingerprint density at radius 1 is 1.00 bits per heavy atom. The van der Waals surface area contributed by atoms with Crippen molar-refractivity contribution in [2.24, 2.45) is 0 Å². The molecule has 0 aliphatic carbocycles. The fourth-order valence-electron chi connectivity index (χ4n) is 2.78. The number of anilines is 1. The zero-order chi connectivity index (χ0) is 23.1. The molecule has 1 heterocycles. The molecule has 0 aliphatic heterocycles. The van der Waals surface area contributed by atoms with Crippen LogP contribution in [0.4, 0.5) is 5.13 Å². The topological polar surface area (TPSA) is 91.8 Å². The fourth-order valence-corrected chi connectivity index (χ4v) is 4.02. The SMILES string of the molecule is COc1cc(C(=O)Nc2nnc(CCCOc3ccc(Cl)cc3Cl)s2)cc(OC)c1OC. The summed E-state index contributed by atoms with van der Waals surface area (Å²) < 4.78 is 21.5. The van der Waals surface area contributed by atoms with E-state index in [1.54, 1.807) is 30.3 Å². The molecular formula is C21H21Cl2N3O5S. The molecule has 0 radical (unpaired) electrons. The van der Waals surface area contributed by atoms with Crippen LogP contribution in [0.1, 0.15) is 21.8 Å². The molecule has 0 unspecified atom stereocenters. The standard InChI is InChI=1S/C21H21Cl2N3O5S/c1-28-16-9-12(10-17(29-2)19(16)30-3)20(27)24-21-26-25-18(32-21)5-4-8-31-15-7-6-13(22)11-14(15)23/h6-7,9-11H,4-5,8H2,1-3H3,(H,24,26,27). The van der Waals surface area contributed by atoms with Gasteiger partial charge in [0.1, 0.15) is 10.8 Å². The molecule has 0 fully saturated rings. The summed E-state index contributed by atoms with van der Waals surface area (Å²) in [6.07, 6.45) is 1.34. The summed E-state index contributed by atoms with van der Waals surface area (Å²) in [7, 11) is 4.47. The predicted molar refractivity (Wildman–Crippen MR) is 124 cm³/mol. The van der Waals surface area contributed by atoms with E-state index in [9.17, 15) is 4.79 Å². The number of hydrogen-bond donors (Lipinski definition) is 1. The summed E-state index contributed by atoms with van der Waals surface area (Å²) in [6, 6.07) is 8.21. The van der Waals surface area contributed by atoms with E-state index in [2.05, 4.69) is 15.5 Å². The van der Waals surface area contributed by atoms with Crippen molar-refractivity contribution in [1.82, 2.24) is 10.2 Å². The van der Waals surface area contributed by atoms with Crippen molar-refractivity contribution in [2.75, 3.05) is 33.3 Å². The van der Waals surface area contributed by atoms with E-state index < -0.39 is 0 Å². The fraction of sp³-hybridized carbons (Fsp3) is 0.286. The van der Waals surface area contributed by atoms with Gasteiger partial charge in [-0.3, -0.25) is 10.1 Å². The van der Waals surface area contributed by atoms with Crippen molar-refractivity contribution >= 4 is 45.6 Å². The van der Waals surface area contributed by atoms with Gasteiger partial charge in [0.05, 0.1) is 33.0 Å². The third-order valence-corrected chi connectivity index (χ3v) is 5.73. The Morgan fingerprint density at radius 3 is 2.34 bits per heavy atom. The summed E-state index contributed by atoms with van der Waals surface area (Å²) in [5, 5.41) is 13.1. The minimum Gasteiger partial charge on any atom is -0.493 e. The predicted octanol–water partition coefficient (Wildman–Crippen LogP) is 5.13. The molecule has 1 amide bonds. The highest BCUT2D eigenvalue weighted by Crippen LogP contribution is 2.38. The number of benzene rings is 2. The van der Waals surface area contributed by atoms with Crippen molar-refractivity contribution in [2.45, 2.75) is 12.8 Å². The number of carbonyl (C=O) groups excluding carboxylic acids is 1. The molecule has 0 aliphatic rings. The van der Waals surface area contributed by atoms with Crippen LogP contribution in [0.5, 0.6) is 23.0 Å². The first kappa shape index (κ1) is 23.9. The minimum absolute atomic E-state index is 0.337. The van der Waals surface area contributed by atoms with Gasteiger partial charge in [0.25, 0.3) is 5.91 Å². The number of carbonyl (C=O) groups is 1. The Morgan fingerprint density at radius 2 is 1.72 bits per heavy atom. The molecule has 0 saturated carbocycles. The quantitative estimate of drug-likeness (QED) is 0.387. The molecule has 0 spiro atoms. The average molecular weight is 498 g/mol. The van der Waals surface area contributed by atoms with Gasteiger partial charge in [-0.25, -0.2) is 0 Å². The first-order valence-corrected chi connectivity index (χ1v) is 11.0. The van der Waals surface area contributed by atoms with Gasteiger partial charge in [-0.2, -0.15) is 0 Å². The van der Waals surface area contributed by atoms with Crippen molar-refractivity contribution in [3.8, 4) is 23.0 Å². The maximum atomic E-state index is 12.7. The molecule has 0 atom stereocenters. The Labute approximate surface area is 199 Å². The van der Waals surface area contributed by atoms with E-state index in [1.807, 2.05) is 0 Å². The second kappa shape index (κ2) is 11.2. The largest absolute Gasteiger partial charge is 0.493 e. The maximum absolute atomic E-state index is 12.7. The highest BCUT2D eigenvalue weighted by molar-refractivity contribution is 7.15. The molecule has 11 heteroatoms. The molecule has 3 rings (SSSR count). The number of ether oxygens (including phenoxy) is 4. The first-order valence-electron chi connectivity index (χ1n) is 9.46. The van der Waals surface area contributed by atoms with Crippen molar-refractivity contribution in [1.29, 1.82) is 0 Å². The average Bonchev–Trinajstić information content (AvgIpc) is 3.23. The van der Waals surface area contributed by atoms with E-state index in [0.717, 1.165) is 5.01 Å². The monoisotopic (exact) mass is 497 g/mol. The summed E-state index contributed by atoms with van der Waals surface area (Å²) >= 11 is 13.3. The van der Waals surface area contributed by atoms with Crippen LogP contribution in [0, 0.1) is 0 Å². The molecule has 8 nitrogen and oxygen atoms in total. The maximum Gasteiger partial charge on any atom is 0.257 e. The minimum atomic E-state index is -0.368. The molecule has 3 aromatic rings. The first-order chi connectivity index (χ1) is 15.4. The number of aromatic nitrogens is 2. The zero-order valence-corrected chi connectivity index (χ0v) is 19.9. The Kier molecular flexibility index (Phi) is 8.38. The Hall–Kier alpha value is -2.75. The number of amides is 1. The normalized spacial score (nSPS) is 10.5. The highest BCUT2D eigenvalue weighted by Gasteiger charge is 2.18. The van der Waals surface area contributed by atoms with Crippen LogP contribution in [0.25, 0.3) is 0 Å². The second-order valence-electron chi connectivity index (χ2n) is 6.40. The number of hydrogen-bond acceptors (Lipinski definition) is 8. The summed E-state index contributed by atoms with van der Waals surface area (Å²) in [5.74, 6) is 1.39. The van der Waals surface area contributed by atoms with Gasteiger partial charge < -0.3 is 18.9 Å². The van der Waals surface area contributed by atoms with Crippen LogP contribution >= 0.6 is 34.5 Å². The number of nitrogens with zero attached hydrogens (tertiary/aromatic N) is 2. The third-order valence-electron chi connectivity index (χ3n) is 4.30. The van der Waals surface area contributed by atoms with Crippen molar-refractivity contribution in [3.63, 3.8) is 0 Å². The van der Waals surface area contributed by atoms with Crippen molar-refractivity contribution in [3.05, 3.63) is 50.9 Å². The molecule has 170 valence electrons.